The van der Waals surface area contributed by atoms with Gasteiger partial charge < -0.3 is 22.1 Å². The van der Waals surface area contributed by atoms with Crippen molar-refractivity contribution < 1.29 is 9.59 Å². The number of amides is 2. The molecule has 2 aliphatic rings. The lowest BCUT2D eigenvalue weighted by Crippen LogP contribution is -2.15. The number of nitrogens with two attached hydrogens (primary N) is 2. The molecule has 2 aliphatic carbocycles. The van der Waals surface area contributed by atoms with E-state index in [4.69, 9.17) is 11.5 Å². The van der Waals surface area contributed by atoms with E-state index in [1.54, 1.807) is 37.2 Å². The number of nitrogen functional groups attached to an aromatic ring is 2. The van der Waals surface area contributed by atoms with Gasteiger partial charge in [-0.3, -0.25) is 19.6 Å². The van der Waals surface area contributed by atoms with E-state index in [-0.39, 0.29) is 23.7 Å². The van der Waals surface area contributed by atoms with Crippen molar-refractivity contribution in [3.8, 4) is 22.5 Å². The summed E-state index contributed by atoms with van der Waals surface area (Å²) in [5.41, 5.74) is 17.8. The fourth-order valence-corrected chi connectivity index (χ4v) is 6.04. The monoisotopic (exact) mass is 666 g/mol. The number of nitrogens with zero attached hydrogens (tertiary/aromatic N) is 6. The molecule has 6 aromatic heterocycles. The molecule has 0 saturated heterocycles. The van der Waals surface area contributed by atoms with Crippen LogP contribution in [0.25, 0.3) is 44.1 Å². The van der Waals surface area contributed by atoms with Crippen LogP contribution in [0.1, 0.15) is 37.8 Å². The highest BCUT2D eigenvalue weighted by Crippen LogP contribution is 2.39. The summed E-state index contributed by atoms with van der Waals surface area (Å²) in [5, 5.41) is 9.10. The molecule has 8 rings (SSSR count). The fraction of sp³-hybridized carbons (Fsp3) is 0.263. The number of rotatable bonds is 6. The van der Waals surface area contributed by atoms with Crippen molar-refractivity contribution in [2.45, 2.75) is 40.5 Å². The Labute approximate surface area is 289 Å². The van der Waals surface area contributed by atoms with Crippen LogP contribution >= 0.6 is 0 Å². The van der Waals surface area contributed by atoms with Gasteiger partial charge in [-0.05, 0) is 96.8 Å². The lowest BCUT2D eigenvalue weighted by molar-refractivity contribution is -0.118. The van der Waals surface area contributed by atoms with Gasteiger partial charge in [0.25, 0.3) is 0 Å². The number of carbonyl (C=O) groups excluding carboxylic acids is 2. The molecule has 0 radical (unpaired) electrons. The highest BCUT2D eigenvalue weighted by molar-refractivity contribution is 5.99. The van der Waals surface area contributed by atoms with E-state index in [0.717, 1.165) is 68.0 Å². The third kappa shape index (κ3) is 6.77. The second-order valence-electron chi connectivity index (χ2n) is 13.4. The van der Waals surface area contributed by atoms with Gasteiger partial charge in [-0.25, -0.2) is 19.9 Å². The van der Waals surface area contributed by atoms with E-state index in [1.807, 2.05) is 50.2 Å². The summed E-state index contributed by atoms with van der Waals surface area (Å²) in [5.74, 6) is 3.10. The lowest BCUT2D eigenvalue weighted by atomic mass is 10.1. The average molecular weight is 667 g/mol. The van der Waals surface area contributed by atoms with E-state index in [2.05, 4.69) is 54.4 Å². The van der Waals surface area contributed by atoms with Crippen LogP contribution < -0.4 is 22.1 Å². The molecule has 0 spiro atoms. The average Bonchev–Trinajstić information content (AvgIpc) is 4.02. The Hall–Kier alpha value is -6.04. The van der Waals surface area contributed by atoms with Gasteiger partial charge in [0.1, 0.15) is 23.3 Å². The molecule has 12 heteroatoms. The highest BCUT2D eigenvalue weighted by Gasteiger charge is 2.40. The van der Waals surface area contributed by atoms with Crippen molar-refractivity contribution in [2.75, 3.05) is 22.1 Å². The third-order valence-corrected chi connectivity index (χ3v) is 9.52. The number of aromatic nitrogens is 6. The number of fused-ring (bicyclic) bond motifs is 2. The molecule has 1 unspecified atom stereocenters. The Bertz CT molecular complexity index is 2130. The summed E-state index contributed by atoms with van der Waals surface area (Å²) < 4.78 is 0. The minimum atomic E-state index is 0.0321. The van der Waals surface area contributed by atoms with Gasteiger partial charge in [-0.1, -0.05) is 13.8 Å². The van der Waals surface area contributed by atoms with Crippen LogP contribution in [0, 0.1) is 37.5 Å². The first kappa shape index (κ1) is 32.5. The van der Waals surface area contributed by atoms with Crippen LogP contribution in [0.5, 0.6) is 0 Å². The van der Waals surface area contributed by atoms with E-state index in [1.165, 1.54) is 0 Å². The van der Waals surface area contributed by atoms with Crippen molar-refractivity contribution in [1.82, 2.24) is 29.9 Å². The predicted molar refractivity (Wildman–Crippen MR) is 196 cm³/mol. The first-order valence-corrected chi connectivity index (χ1v) is 16.6. The van der Waals surface area contributed by atoms with Crippen LogP contribution in [0.2, 0.25) is 0 Å². The molecule has 0 bridgehead atoms. The van der Waals surface area contributed by atoms with Crippen molar-refractivity contribution in [3.05, 3.63) is 84.7 Å². The van der Waals surface area contributed by atoms with Crippen LogP contribution in [-0.4, -0.2) is 41.7 Å². The van der Waals surface area contributed by atoms with Gasteiger partial charge in [0.15, 0.2) is 0 Å². The summed E-state index contributed by atoms with van der Waals surface area (Å²) in [6, 6.07) is 11.5. The molecule has 0 aromatic carbocycles. The van der Waals surface area contributed by atoms with Crippen LogP contribution in [0.4, 0.5) is 23.3 Å². The smallest absolute Gasteiger partial charge is 0.228 e. The molecule has 12 nitrogen and oxygen atoms in total. The maximum absolute atomic E-state index is 12.1. The molecule has 50 heavy (non-hydrogen) atoms. The number of hydrogen-bond donors (Lipinski definition) is 4. The number of aryl methyl sites for hydroxylation is 2. The quantitative estimate of drug-likeness (QED) is 0.156. The number of anilines is 4. The summed E-state index contributed by atoms with van der Waals surface area (Å²) in [6.07, 6.45) is 12.3. The second kappa shape index (κ2) is 13.1. The molecule has 6 heterocycles. The van der Waals surface area contributed by atoms with Crippen LogP contribution in [0.3, 0.4) is 0 Å². The van der Waals surface area contributed by atoms with E-state index >= 15 is 0 Å². The SMILES string of the molecule is Cc1ccncc1-c1cc2cc(NC(=O)C3C[C@H]3C)ncc2c(N)n1.Cc1ccncc1-c1cc2cc(NC(=O)[C@@H]3C[C@@H]3C)ncc2c(N)n1. The molecule has 2 saturated carbocycles. The summed E-state index contributed by atoms with van der Waals surface area (Å²) >= 11 is 0. The summed E-state index contributed by atoms with van der Waals surface area (Å²) in [6.45, 7) is 8.17. The number of carbonyl (C=O) groups is 2. The first-order valence-electron chi connectivity index (χ1n) is 16.6. The molecule has 6 aromatic rings. The fourth-order valence-electron chi connectivity index (χ4n) is 6.04. The highest BCUT2D eigenvalue weighted by atomic mass is 16.2. The van der Waals surface area contributed by atoms with Gasteiger partial charge in [0.2, 0.25) is 11.8 Å². The minimum Gasteiger partial charge on any atom is -0.383 e. The zero-order valence-electron chi connectivity index (χ0n) is 28.3. The Morgan fingerprint density at radius 3 is 1.42 bits per heavy atom. The summed E-state index contributed by atoms with van der Waals surface area (Å²) in [7, 11) is 0. The van der Waals surface area contributed by atoms with Crippen molar-refractivity contribution in [1.29, 1.82) is 0 Å². The van der Waals surface area contributed by atoms with Gasteiger partial charge in [0, 0.05) is 70.9 Å². The summed E-state index contributed by atoms with van der Waals surface area (Å²) in [4.78, 5) is 50.2. The van der Waals surface area contributed by atoms with Gasteiger partial charge >= 0.3 is 0 Å². The molecule has 4 atom stereocenters. The molecule has 2 amide bonds. The van der Waals surface area contributed by atoms with E-state index in [0.29, 0.717) is 35.1 Å². The molecule has 6 N–H and O–H groups in total. The Morgan fingerprint density at radius 2 is 1.06 bits per heavy atom. The van der Waals surface area contributed by atoms with Gasteiger partial charge in [-0.15, -0.1) is 0 Å². The Balaban J connectivity index is 0.000000157. The first-order chi connectivity index (χ1) is 24.0. The topological polar surface area (TPSA) is 188 Å². The van der Waals surface area contributed by atoms with Crippen molar-refractivity contribution >= 4 is 56.6 Å². The Kier molecular flexibility index (Phi) is 8.52. The molecule has 2 fully saturated rings. The van der Waals surface area contributed by atoms with Crippen LogP contribution in [-0.2, 0) is 9.59 Å². The third-order valence-electron chi connectivity index (χ3n) is 9.52. The second-order valence-corrected chi connectivity index (χ2v) is 13.4. The standard InChI is InChI=1S/2C19H19N5O/c2*1-10-3-4-21-8-14(10)16-6-12-7-17(22-9-15(12)18(20)23-16)24-19(25)13-5-11(13)2/h2*3-4,6-9,11,13H,5H2,1-2H3,(H2,20,23)(H,22,24,25)/t11-,13?;11-,13+/m10/s1. The maximum Gasteiger partial charge on any atom is 0.228 e. The van der Waals surface area contributed by atoms with Crippen molar-refractivity contribution in [3.63, 3.8) is 0 Å². The minimum absolute atomic E-state index is 0.0321. The largest absolute Gasteiger partial charge is 0.383 e. The van der Waals surface area contributed by atoms with E-state index < -0.39 is 0 Å². The van der Waals surface area contributed by atoms with Crippen LogP contribution in [0.15, 0.2) is 73.6 Å². The number of pyridine rings is 6. The predicted octanol–water partition coefficient (Wildman–Crippen LogP) is 6.35. The number of hydrogen-bond acceptors (Lipinski definition) is 10. The van der Waals surface area contributed by atoms with Gasteiger partial charge in [0.05, 0.1) is 11.4 Å². The molecule has 252 valence electrons. The zero-order chi connectivity index (χ0) is 35.1. The zero-order valence-corrected chi connectivity index (χ0v) is 28.3. The number of nitrogens with one attached hydrogen (secondary N) is 2. The van der Waals surface area contributed by atoms with Crippen molar-refractivity contribution in [2.24, 2.45) is 23.7 Å². The Morgan fingerprint density at radius 1 is 0.660 bits per heavy atom. The molecule has 0 aliphatic heterocycles. The molecular weight excluding hydrogens is 628 g/mol. The normalized spacial score (nSPS) is 19.0. The molecular formula is C38H38N10O2. The maximum atomic E-state index is 12.1. The van der Waals surface area contributed by atoms with Gasteiger partial charge in [-0.2, -0.15) is 0 Å². The lowest BCUT2D eigenvalue weighted by Gasteiger charge is -2.10. The van der Waals surface area contributed by atoms with E-state index in [9.17, 15) is 9.59 Å².